The molecule has 0 aromatic rings. The van der Waals surface area contributed by atoms with Crippen LogP contribution in [0.1, 0.15) is 0 Å². The number of hydrogen-bond donors (Lipinski definition) is 0. The van der Waals surface area contributed by atoms with Crippen molar-refractivity contribution in [2.75, 3.05) is 0 Å². The molecule has 1 unspecified atom stereocenters. The van der Waals surface area contributed by atoms with Gasteiger partial charge in [0.15, 0.2) is 0 Å². The van der Waals surface area contributed by atoms with E-state index in [-0.39, 0.29) is 0 Å². The Hall–Kier alpha value is -0.690. The second kappa shape index (κ2) is 4.91. The third-order valence-corrected chi connectivity index (χ3v) is 6.04. The van der Waals surface area contributed by atoms with Crippen LogP contribution in [0.25, 0.3) is 0 Å². The zero-order valence-corrected chi connectivity index (χ0v) is 10.5. The second-order valence-corrected chi connectivity index (χ2v) is 7.43. The molecule has 17 heteroatoms. The molecule has 0 amide bonds. The van der Waals surface area contributed by atoms with Crippen LogP contribution in [0.15, 0.2) is 0 Å². The molecule has 23 heavy (non-hydrogen) atoms. The van der Waals surface area contributed by atoms with E-state index in [1.54, 1.807) is 0 Å². The van der Waals surface area contributed by atoms with Crippen molar-refractivity contribution in [1.82, 2.24) is 0 Å². The van der Waals surface area contributed by atoms with Gasteiger partial charge < -0.3 is 0 Å². The van der Waals surface area contributed by atoms with E-state index in [2.05, 4.69) is 0 Å². The van der Waals surface area contributed by atoms with Gasteiger partial charge in [0.05, 0.1) is 0 Å². The monoisotopic (exact) mass is 408 g/mol. The minimum absolute atomic E-state index is 7.08. The van der Waals surface area contributed by atoms with Crippen molar-refractivity contribution in [3.05, 3.63) is 0 Å². The van der Waals surface area contributed by atoms with Crippen molar-refractivity contribution < 1.29 is 69.9 Å². The molecule has 0 nitrogen and oxygen atoms in total. The summed E-state index contributed by atoms with van der Waals surface area (Å²) in [5, 5.41) is 0. The van der Waals surface area contributed by atoms with Crippen molar-refractivity contribution in [2.24, 2.45) is 0 Å². The Bertz CT molecular complexity index is 419. The fourth-order valence-electron chi connectivity index (χ4n) is 1.18. The molecule has 0 saturated carbocycles. The Morgan fingerprint density at radius 3 is 0.870 bits per heavy atom. The normalized spacial score (nSPS) is 19.2. The van der Waals surface area contributed by atoms with Crippen molar-refractivity contribution in [3.63, 3.8) is 0 Å². The third kappa shape index (κ3) is 2.60. The van der Waals surface area contributed by atoms with Crippen LogP contribution in [0.2, 0.25) is 0 Å². The van der Waals surface area contributed by atoms with Gasteiger partial charge in [-0.2, -0.15) is 0 Å². The summed E-state index contributed by atoms with van der Waals surface area (Å²) in [6.07, 6.45) is -23.6. The second-order valence-electron chi connectivity index (χ2n) is 3.92. The topological polar surface area (TPSA) is 0 Å². The summed E-state index contributed by atoms with van der Waals surface area (Å²) in [5.41, 5.74) is -17.2. The van der Waals surface area contributed by atoms with Crippen molar-refractivity contribution >= 4 is 7.22 Å². The maximum absolute atomic E-state index is 13.3. The van der Waals surface area contributed by atoms with Gasteiger partial charge in [0.25, 0.3) is 0 Å². The molecule has 0 aliphatic heterocycles. The van der Waals surface area contributed by atoms with Crippen LogP contribution in [0.5, 0.6) is 0 Å². The molecule has 0 heterocycles. The summed E-state index contributed by atoms with van der Waals surface area (Å²) in [6, 6.07) is 0. The van der Waals surface area contributed by atoms with Gasteiger partial charge in [0.1, 0.15) is 0 Å². The molecule has 0 saturated heterocycles. The fraction of sp³-hybridized carbons (Fsp3) is 1.00. The summed E-state index contributed by atoms with van der Waals surface area (Å²) < 4.78 is 196. The van der Waals surface area contributed by atoms with Crippen LogP contribution in [-0.4, -0.2) is 35.8 Å². The van der Waals surface area contributed by atoms with Crippen molar-refractivity contribution in [2.45, 2.75) is 35.8 Å². The zero-order chi connectivity index (χ0) is 19.5. The molecule has 0 spiro atoms. The quantitative estimate of drug-likeness (QED) is 0.371. The first kappa shape index (κ1) is 22.3. The third-order valence-electron chi connectivity index (χ3n) is 2.38. The standard InChI is InChI=1S/C6HF16P/c7-1(2(8,9)10)23(21,22,5(17,18)3(11,12)13)6(19,20)4(14,15)16/h1H. The molecule has 0 rings (SSSR count). The van der Waals surface area contributed by atoms with Gasteiger partial charge in [-0.3, -0.25) is 0 Å². The van der Waals surface area contributed by atoms with Crippen LogP contribution in [0, 0.1) is 0 Å². The predicted molar refractivity (Wildman–Crippen MR) is 42.1 cm³/mol. The van der Waals surface area contributed by atoms with Crippen LogP contribution in [-0.2, 0) is 0 Å². The summed E-state index contributed by atoms with van der Waals surface area (Å²) in [6.45, 7) is 0. The Balaban J connectivity index is 7.08. The maximum atomic E-state index is 13.3. The Morgan fingerprint density at radius 2 is 0.739 bits per heavy atom. The van der Waals surface area contributed by atoms with Crippen LogP contribution in [0.4, 0.5) is 69.9 Å². The molecule has 1 atom stereocenters. The molecule has 0 bridgehead atoms. The van der Waals surface area contributed by atoms with Crippen LogP contribution in [0.3, 0.4) is 0 Å². The van der Waals surface area contributed by atoms with E-state index >= 15 is 0 Å². The molecule has 0 aromatic heterocycles. The van der Waals surface area contributed by atoms with E-state index < -0.39 is 43.0 Å². The van der Waals surface area contributed by atoms with Gasteiger partial charge >= 0.3 is 113 Å². The number of rotatable bonds is 3. The van der Waals surface area contributed by atoms with Gasteiger partial charge in [0.2, 0.25) is 0 Å². The van der Waals surface area contributed by atoms with Crippen LogP contribution >= 0.6 is 7.22 Å². The average molecular weight is 408 g/mol. The molecule has 0 radical (unpaired) electrons. The number of halogens is 16. The van der Waals surface area contributed by atoms with E-state index in [1.165, 1.54) is 0 Å². The molecule has 0 aromatic carbocycles. The fourth-order valence-corrected chi connectivity index (χ4v) is 3.55. The first-order chi connectivity index (χ1) is 9.47. The molecular weight excluding hydrogens is 407 g/mol. The summed E-state index contributed by atoms with van der Waals surface area (Å²) in [4.78, 5) is 0. The van der Waals surface area contributed by atoms with Crippen LogP contribution < -0.4 is 0 Å². The molecule has 0 fully saturated rings. The zero-order valence-electron chi connectivity index (χ0n) is 9.57. The summed E-state index contributed by atoms with van der Waals surface area (Å²) in [5.74, 6) is -7.08. The predicted octanol–water partition coefficient (Wildman–Crippen LogP) is 6.48. The Morgan fingerprint density at radius 1 is 0.522 bits per heavy atom. The first-order valence-electron chi connectivity index (χ1n) is 4.51. The molecule has 0 N–H and O–H groups in total. The molecule has 142 valence electrons. The minimum atomic E-state index is -11.9. The molecule has 0 aliphatic carbocycles. The first-order valence-corrected chi connectivity index (χ1v) is 6.59. The summed E-state index contributed by atoms with van der Waals surface area (Å²) in [7, 11) is -11.9. The van der Waals surface area contributed by atoms with Crippen molar-refractivity contribution in [1.29, 1.82) is 0 Å². The van der Waals surface area contributed by atoms with Crippen molar-refractivity contribution in [3.8, 4) is 0 Å². The van der Waals surface area contributed by atoms with Gasteiger partial charge in [0, 0.05) is 0 Å². The summed E-state index contributed by atoms with van der Waals surface area (Å²) >= 11 is 0. The van der Waals surface area contributed by atoms with E-state index in [9.17, 15) is 69.9 Å². The average Bonchev–Trinajstić information content (AvgIpc) is 2.23. The SMILES string of the molecule is FC(C(F)(F)F)P(F)(F)(C(F)(F)C(F)(F)F)C(F)(F)C(F)(F)F. The molecular formula is C6HF16P. The van der Waals surface area contributed by atoms with Gasteiger partial charge in [-0.15, -0.1) is 0 Å². The van der Waals surface area contributed by atoms with E-state index in [4.69, 9.17) is 0 Å². The Labute approximate surface area is 114 Å². The van der Waals surface area contributed by atoms with E-state index in [1.807, 2.05) is 0 Å². The van der Waals surface area contributed by atoms with Gasteiger partial charge in [-0.05, 0) is 0 Å². The van der Waals surface area contributed by atoms with E-state index in [0.717, 1.165) is 0 Å². The van der Waals surface area contributed by atoms with Gasteiger partial charge in [-0.25, -0.2) is 0 Å². The Kier molecular flexibility index (Phi) is 4.76. The van der Waals surface area contributed by atoms with Gasteiger partial charge in [-0.1, -0.05) is 0 Å². The number of alkyl halides is 14. The molecule has 0 aliphatic rings. The number of hydrogen-bond acceptors (Lipinski definition) is 0. The van der Waals surface area contributed by atoms with E-state index in [0.29, 0.717) is 0 Å².